The molecule has 0 aliphatic rings. The van der Waals surface area contributed by atoms with Crippen molar-refractivity contribution in [3.8, 4) is 12.3 Å². The molecule has 0 aromatic heterocycles. The number of aliphatic imine (C=N–C) groups is 1. The van der Waals surface area contributed by atoms with Gasteiger partial charge in [-0.2, -0.15) is 0 Å². The van der Waals surface area contributed by atoms with Gasteiger partial charge in [0.25, 0.3) is 0 Å². The lowest BCUT2D eigenvalue weighted by atomic mass is 9.91. The van der Waals surface area contributed by atoms with Gasteiger partial charge in [-0.15, -0.1) is 6.42 Å². The van der Waals surface area contributed by atoms with Crippen molar-refractivity contribution in [2.45, 2.75) is 5.92 Å². The van der Waals surface area contributed by atoms with Crippen LogP contribution in [-0.2, 0) is 0 Å². The Bertz CT molecular complexity index is 587. The van der Waals surface area contributed by atoms with Gasteiger partial charge in [0.15, 0.2) is 5.96 Å². The summed E-state index contributed by atoms with van der Waals surface area (Å²) >= 11 is 0. The van der Waals surface area contributed by atoms with Crippen LogP contribution in [-0.4, -0.2) is 26.1 Å². The van der Waals surface area contributed by atoms with Crippen LogP contribution < -0.4 is 10.6 Å². The second-order valence-electron chi connectivity index (χ2n) is 4.88. The van der Waals surface area contributed by atoms with E-state index in [0.717, 1.165) is 12.5 Å². The number of rotatable bonds is 5. The maximum Gasteiger partial charge on any atom is 0.191 e. The highest BCUT2D eigenvalue weighted by molar-refractivity contribution is 5.80. The Morgan fingerprint density at radius 1 is 1.00 bits per heavy atom. The molecule has 0 fully saturated rings. The maximum atomic E-state index is 5.27. The summed E-state index contributed by atoms with van der Waals surface area (Å²) in [5, 5.41) is 6.42. The van der Waals surface area contributed by atoms with Crippen LogP contribution in [0.2, 0.25) is 0 Å². The minimum absolute atomic E-state index is 0.256. The van der Waals surface area contributed by atoms with Gasteiger partial charge in [-0.1, -0.05) is 66.6 Å². The van der Waals surface area contributed by atoms with E-state index >= 15 is 0 Å². The van der Waals surface area contributed by atoms with Crippen LogP contribution in [0.1, 0.15) is 17.0 Å². The van der Waals surface area contributed by atoms with E-state index in [4.69, 9.17) is 6.42 Å². The molecule has 0 saturated heterocycles. The molecule has 0 radical (unpaired) electrons. The molecule has 0 heterocycles. The normalized spacial score (nSPS) is 11.0. The molecule has 0 aliphatic heterocycles. The number of guanidine groups is 1. The molecule has 3 heteroatoms. The number of benzene rings is 2. The predicted molar refractivity (Wildman–Crippen MR) is 92.9 cm³/mol. The third-order valence-electron chi connectivity index (χ3n) is 3.46. The van der Waals surface area contributed by atoms with E-state index in [1.165, 1.54) is 11.1 Å². The minimum atomic E-state index is 0.256. The Morgan fingerprint density at radius 2 is 1.55 bits per heavy atom. The van der Waals surface area contributed by atoms with Gasteiger partial charge >= 0.3 is 0 Å². The van der Waals surface area contributed by atoms with E-state index in [-0.39, 0.29) is 5.92 Å². The Kier molecular flexibility index (Phi) is 6.07. The van der Waals surface area contributed by atoms with E-state index in [0.29, 0.717) is 6.54 Å². The highest BCUT2D eigenvalue weighted by Crippen LogP contribution is 2.23. The summed E-state index contributed by atoms with van der Waals surface area (Å²) in [5.74, 6) is 3.53. The van der Waals surface area contributed by atoms with Crippen molar-refractivity contribution in [1.29, 1.82) is 0 Å². The fourth-order valence-electron chi connectivity index (χ4n) is 2.35. The molecule has 0 unspecified atom stereocenters. The highest BCUT2D eigenvalue weighted by atomic mass is 15.2. The van der Waals surface area contributed by atoms with Crippen molar-refractivity contribution in [2.24, 2.45) is 4.99 Å². The van der Waals surface area contributed by atoms with Gasteiger partial charge < -0.3 is 10.6 Å². The Morgan fingerprint density at radius 3 is 2.00 bits per heavy atom. The molecular weight excluding hydrogens is 270 g/mol. The molecule has 0 aliphatic carbocycles. The Balaban J connectivity index is 2.14. The van der Waals surface area contributed by atoms with Crippen LogP contribution in [0.4, 0.5) is 0 Å². The van der Waals surface area contributed by atoms with E-state index in [1.807, 2.05) is 12.1 Å². The van der Waals surface area contributed by atoms with Crippen LogP contribution in [0, 0.1) is 12.3 Å². The van der Waals surface area contributed by atoms with E-state index in [1.54, 1.807) is 7.05 Å². The average molecular weight is 291 g/mol. The van der Waals surface area contributed by atoms with Gasteiger partial charge in [0.1, 0.15) is 0 Å². The second kappa shape index (κ2) is 8.53. The molecule has 0 spiro atoms. The average Bonchev–Trinajstić information content (AvgIpc) is 2.59. The first-order valence-electron chi connectivity index (χ1n) is 7.33. The minimum Gasteiger partial charge on any atom is -0.355 e. The number of nitrogens with one attached hydrogen (secondary N) is 2. The quantitative estimate of drug-likeness (QED) is 0.505. The first-order chi connectivity index (χ1) is 10.8. The number of terminal acetylenes is 1. The molecular formula is C19H21N3. The Hall–Kier alpha value is -2.73. The van der Waals surface area contributed by atoms with Gasteiger partial charge in [0, 0.05) is 19.5 Å². The summed E-state index contributed by atoms with van der Waals surface area (Å²) in [6.07, 6.45) is 5.27. The summed E-state index contributed by atoms with van der Waals surface area (Å²) < 4.78 is 0. The van der Waals surface area contributed by atoms with Gasteiger partial charge in [-0.25, -0.2) is 0 Å². The maximum absolute atomic E-state index is 5.27. The predicted octanol–water partition coefficient (Wildman–Crippen LogP) is 2.62. The van der Waals surface area contributed by atoms with Crippen molar-refractivity contribution in [2.75, 3.05) is 20.1 Å². The molecule has 2 N–H and O–H groups in total. The standard InChI is InChI=1S/C19H21N3/c1-3-14-21-19(20-2)22-15-18(16-10-6-4-7-11-16)17-12-8-5-9-13-17/h1,4-13,18H,14-15H2,2H3,(H2,20,21,22). The fourth-order valence-corrected chi connectivity index (χ4v) is 2.35. The molecule has 2 aromatic rings. The van der Waals surface area contributed by atoms with Crippen molar-refractivity contribution >= 4 is 5.96 Å². The lowest BCUT2D eigenvalue weighted by Gasteiger charge is -2.20. The van der Waals surface area contributed by atoms with Crippen LogP contribution in [0.5, 0.6) is 0 Å². The van der Waals surface area contributed by atoms with Crippen molar-refractivity contribution in [3.05, 3.63) is 71.8 Å². The number of hydrogen-bond acceptors (Lipinski definition) is 1. The summed E-state index contributed by atoms with van der Waals surface area (Å²) in [6.45, 7) is 1.21. The molecule has 0 bridgehead atoms. The first kappa shape index (κ1) is 15.7. The number of hydrogen-bond donors (Lipinski definition) is 2. The summed E-state index contributed by atoms with van der Waals surface area (Å²) in [5.41, 5.74) is 2.54. The van der Waals surface area contributed by atoms with Crippen LogP contribution in [0.3, 0.4) is 0 Å². The molecule has 0 saturated carbocycles. The zero-order valence-corrected chi connectivity index (χ0v) is 12.8. The molecule has 2 rings (SSSR count). The van der Waals surface area contributed by atoms with Gasteiger partial charge in [-0.3, -0.25) is 4.99 Å². The SMILES string of the molecule is C#CCNC(=NC)NCC(c1ccccc1)c1ccccc1. The van der Waals surface area contributed by atoms with Crippen molar-refractivity contribution in [1.82, 2.24) is 10.6 Å². The third kappa shape index (κ3) is 4.39. The molecule has 0 atom stereocenters. The molecule has 22 heavy (non-hydrogen) atoms. The largest absolute Gasteiger partial charge is 0.355 e. The summed E-state index contributed by atoms with van der Waals surface area (Å²) in [7, 11) is 1.74. The summed E-state index contributed by atoms with van der Waals surface area (Å²) in [6, 6.07) is 20.9. The van der Waals surface area contributed by atoms with Crippen molar-refractivity contribution in [3.63, 3.8) is 0 Å². The molecule has 112 valence electrons. The third-order valence-corrected chi connectivity index (χ3v) is 3.46. The van der Waals surface area contributed by atoms with Crippen LogP contribution in [0.15, 0.2) is 65.7 Å². The monoisotopic (exact) mass is 291 g/mol. The van der Waals surface area contributed by atoms with E-state index in [9.17, 15) is 0 Å². The Labute approximate surface area is 132 Å². The molecule has 0 amide bonds. The second-order valence-corrected chi connectivity index (χ2v) is 4.88. The highest BCUT2D eigenvalue weighted by Gasteiger charge is 2.14. The summed E-state index contributed by atoms with van der Waals surface area (Å²) in [4.78, 5) is 4.18. The van der Waals surface area contributed by atoms with E-state index in [2.05, 4.69) is 70.1 Å². The van der Waals surface area contributed by atoms with Crippen LogP contribution >= 0.6 is 0 Å². The van der Waals surface area contributed by atoms with Gasteiger partial charge in [0.05, 0.1) is 6.54 Å². The van der Waals surface area contributed by atoms with Crippen LogP contribution in [0.25, 0.3) is 0 Å². The van der Waals surface area contributed by atoms with Crippen molar-refractivity contribution < 1.29 is 0 Å². The first-order valence-corrected chi connectivity index (χ1v) is 7.33. The zero-order chi connectivity index (χ0) is 15.6. The van der Waals surface area contributed by atoms with E-state index < -0.39 is 0 Å². The van der Waals surface area contributed by atoms with Gasteiger partial charge in [0.2, 0.25) is 0 Å². The lowest BCUT2D eigenvalue weighted by molar-refractivity contribution is 0.738. The zero-order valence-electron chi connectivity index (χ0n) is 12.8. The molecule has 3 nitrogen and oxygen atoms in total. The fraction of sp³-hybridized carbons (Fsp3) is 0.211. The smallest absolute Gasteiger partial charge is 0.191 e. The topological polar surface area (TPSA) is 36.4 Å². The lowest BCUT2D eigenvalue weighted by Crippen LogP contribution is -2.39. The molecule has 2 aromatic carbocycles. The number of nitrogens with zero attached hydrogens (tertiary/aromatic N) is 1. The van der Waals surface area contributed by atoms with Gasteiger partial charge in [-0.05, 0) is 11.1 Å².